The van der Waals surface area contributed by atoms with Gasteiger partial charge in [-0.15, -0.1) is 11.8 Å². The van der Waals surface area contributed by atoms with Gasteiger partial charge in [0.2, 0.25) is 0 Å². The number of rotatable bonds is 6. The van der Waals surface area contributed by atoms with Crippen molar-refractivity contribution in [3.8, 4) is 6.07 Å². The summed E-state index contributed by atoms with van der Waals surface area (Å²) in [6.45, 7) is 4.14. The highest BCUT2D eigenvalue weighted by molar-refractivity contribution is 8.00. The standard InChI is InChI=1S/C25H26N6O5S/c1-15-13-36-25(34)31(15)11-17-7-16-3-2-5-30(23(16)28-20(17)12-32)24(33)29-22-8-21(18(9-26)10-27-22)37-19-4-6-35-14-19/h7-8,10,12,15,19H,2-6,11,13-14H2,1H3,(H,27,29,33)/t15-,19-/m0/s1. The molecule has 37 heavy (non-hydrogen) atoms. The minimum atomic E-state index is -0.424. The zero-order chi connectivity index (χ0) is 25.9. The Morgan fingerprint density at radius 1 is 1.38 bits per heavy atom. The lowest BCUT2D eigenvalue weighted by Crippen LogP contribution is -2.40. The predicted octanol–water partition coefficient (Wildman–Crippen LogP) is 3.37. The Labute approximate surface area is 218 Å². The molecule has 11 nitrogen and oxygen atoms in total. The molecule has 3 aliphatic rings. The molecule has 0 radical (unpaired) electrons. The Morgan fingerprint density at radius 3 is 2.95 bits per heavy atom. The summed E-state index contributed by atoms with van der Waals surface area (Å²) in [4.78, 5) is 49.8. The van der Waals surface area contributed by atoms with Crippen LogP contribution in [0.3, 0.4) is 0 Å². The third kappa shape index (κ3) is 5.23. The number of urea groups is 1. The predicted molar refractivity (Wildman–Crippen MR) is 135 cm³/mol. The molecule has 2 fully saturated rings. The fourth-order valence-electron chi connectivity index (χ4n) is 4.58. The van der Waals surface area contributed by atoms with E-state index in [-0.39, 0.29) is 23.5 Å². The van der Waals surface area contributed by atoms with Crippen LogP contribution in [0.5, 0.6) is 0 Å². The normalized spacial score (nSPS) is 20.8. The van der Waals surface area contributed by atoms with Gasteiger partial charge in [0.05, 0.1) is 24.8 Å². The summed E-state index contributed by atoms with van der Waals surface area (Å²) in [7, 11) is 0. The van der Waals surface area contributed by atoms with Crippen LogP contribution >= 0.6 is 11.8 Å². The van der Waals surface area contributed by atoms with E-state index in [1.165, 1.54) is 11.1 Å². The average molecular weight is 523 g/mol. The van der Waals surface area contributed by atoms with E-state index < -0.39 is 12.1 Å². The number of nitrogens with zero attached hydrogens (tertiary/aromatic N) is 5. The van der Waals surface area contributed by atoms with Crippen LogP contribution in [0.4, 0.5) is 21.2 Å². The molecule has 3 amide bonds. The number of amides is 3. The van der Waals surface area contributed by atoms with E-state index in [4.69, 9.17) is 9.47 Å². The van der Waals surface area contributed by atoms with E-state index in [9.17, 15) is 19.6 Å². The lowest BCUT2D eigenvalue weighted by molar-refractivity contribution is 0.111. The van der Waals surface area contributed by atoms with Gasteiger partial charge in [-0.2, -0.15) is 5.26 Å². The molecule has 0 aromatic carbocycles. The number of aryl methyl sites for hydroxylation is 1. The zero-order valence-corrected chi connectivity index (χ0v) is 21.1. The van der Waals surface area contributed by atoms with Crippen LogP contribution in [0.15, 0.2) is 23.2 Å². The quantitative estimate of drug-likeness (QED) is 0.566. The van der Waals surface area contributed by atoms with Crippen molar-refractivity contribution in [1.82, 2.24) is 14.9 Å². The van der Waals surface area contributed by atoms with E-state index in [0.717, 1.165) is 16.9 Å². The number of hydrogen-bond acceptors (Lipinski definition) is 9. The minimum Gasteiger partial charge on any atom is -0.447 e. The highest BCUT2D eigenvalue weighted by Crippen LogP contribution is 2.33. The van der Waals surface area contributed by atoms with Gasteiger partial charge < -0.3 is 9.47 Å². The van der Waals surface area contributed by atoms with E-state index in [2.05, 4.69) is 21.4 Å². The summed E-state index contributed by atoms with van der Waals surface area (Å²) < 4.78 is 10.5. The molecule has 2 aromatic heterocycles. The first-order chi connectivity index (χ1) is 18.0. The number of ether oxygens (including phenoxy) is 2. The Hall–Kier alpha value is -3.69. The molecule has 2 aromatic rings. The number of aromatic nitrogens is 2. The van der Waals surface area contributed by atoms with Gasteiger partial charge >= 0.3 is 12.1 Å². The molecule has 0 unspecified atom stereocenters. The highest BCUT2D eigenvalue weighted by Gasteiger charge is 2.32. The Balaban J connectivity index is 1.36. The summed E-state index contributed by atoms with van der Waals surface area (Å²) in [5, 5.41) is 12.5. The molecule has 192 valence electrons. The molecule has 1 N–H and O–H groups in total. The van der Waals surface area contributed by atoms with E-state index >= 15 is 0 Å². The summed E-state index contributed by atoms with van der Waals surface area (Å²) in [5.74, 6) is 0.740. The van der Waals surface area contributed by atoms with Crippen LogP contribution in [0, 0.1) is 11.3 Å². The number of carbonyl (C=O) groups excluding carboxylic acids is 3. The second-order valence-electron chi connectivity index (χ2n) is 9.15. The first-order valence-corrected chi connectivity index (χ1v) is 13.0. The molecule has 12 heteroatoms. The number of anilines is 2. The molecule has 5 heterocycles. The monoisotopic (exact) mass is 522 g/mol. The second-order valence-corrected chi connectivity index (χ2v) is 10.5. The van der Waals surface area contributed by atoms with Crippen molar-refractivity contribution in [3.63, 3.8) is 0 Å². The maximum absolute atomic E-state index is 13.3. The van der Waals surface area contributed by atoms with Gasteiger partial charge in [-0.3, -0.25) is 19.9 Å². The Bertz CT molecular complexity index is 1270. The third-order valence-electron chi connectivity index (χ3n) is 6.59. The number of thioether (sulfide) groups is 1. The molecular formula is C25H26N6O5S. The van der Waals surface area contributed by atoms with Crippen molar-refractivity contribution in [2.24, 2.45) is 0 Å². The molecule has 3 aliphatic heterocycles. The summed E-state index contributed by atoms with van der Waals surface area (Å²) in [6.07, 6.45) is 3.98. The van der Waals surface area contributed by atoms with Crippen molar-refractivity contribution in [1.29, 1.82) is 5.26 Å². The molecular weight excluding hydrogens is 496 g/mol. The number of hydrogen-bond donors (Lipinski definition) is 1. The SMILES string of the molecule is C[C@H]1COC(=O)N1Cc1cc2c(nc1C=O)N(C(=O)Nc1cc(S[C@H]3CCOC3)c(C#N)cn1)CCC2. The van der Waals surface area contributed by atoms with Crippen LogP contribution in [-0.4, -0.2) is 70.9 Å². The fraction of sp³-hybridized carbons (Fsp3) is 0.440. The van der Waals surface area contributed by atoms with Gasteiger partial charge in [0, 0.05) is 35.1 Å². The minimum absolute atomic E-state index is 0.102. The molecule has 2 saturated heterocycles. The third-order valence-corrected chi connectivity index (χ3v) is 7.89. The number of pyridine rings is 2. The van der Waals surface area contributed by atoms with Gasteiger partial charge in [0.25, 0.3) is 0 Å². The van der Waals surface area contributed by atoms with E-state index in [0.29, 0.717) is 68.3 Å². The molecule has 0 saturated carbocycles. The average Bonchev–Trinajstić information content (AvgIpc) is 3.53. The first kappa shape index (κ1) is 25.0. The number of fused-ring (bicyclic) bond motifs is 1. The van der Waals surface area contributed by atoms with Crippen molar-refractivity contribution in [2.75, 3.05) is 36.6 Å². The Kier molecular flexibility index (Phi) is 7.25. The van der Waals surface area contributed by atoms with Crippen molar-refractivity contribution in [2.45, 2.75) is 48.9 Å². The van der Waals surface area contributed by atoms with Gasteiger partial charge in [0.1, 0.15) is 30.0 Å². The lowest BCUT2D eigenvalue weighted by atomic mass is 10.0. The molecule has 5 rings (SSSR count). The maximum Gasteiger partial charge on any atom is 0.410 e. The second kappa shape index (κ2) is 10.7. The summed E-state index contributed by atoms with van der Waals surface area (Å²) in [5.41, 5.74) is 2.07. The van der Waals surface area contributed by atoms with Gasteiger partial charge in [-0.25, -0.2) is 19.6 Å². The maximum atomic E-state index is 13.3. The van der Waals surface area contributed by atoms with E-state index in [1.807, 2.05) is 13.0 Å². The largest absolute Gasteiger partial charge is 0.447 e. The number of aldehydes is 1. The summed E-state index contributed by atoms with van der Waals surface area (Å²) >= 11 is 1.55. The van der Waals surface area contributed by atoms with Crippen LogP contribution in [0.2, 0.25) is 0 Å². The fourth-order valence-corrected chi connectivity index (χ4v) is 5.72. The number of nitrogens with one attached hydrogen (secondary N) is 1. The van der Waals surface area contributed by atoms with Gasteiger partial charge in [-0.1, -0.05) is 0 Å². The number of cyclic esters (lactones) is 1. The molecule has 0 bridgehead atoms. The van der Waals surface area contributed by atoms with Gasteiger partial charge in [-0.05, 0) is 43.9 Å². The van der Waals surface area contributed by atoms with Crippen molar-refractivity contribution in [3.05, 3.63) is 40.7 Å². The Morgan fingerprint density at radius 2 is 2.24 bits per heavy atom. The van der Waals surface area contributed by atoms with Gasteiger partial charge in [0.15, 0.2) is 6.29 Å². The number of carbonyl (C=O) groups is 3. The molecule has 0 spiro atoms. The van der Waals surface area contributed by atoms with Crippen molar-refractivity contribution >= 4 is 41.8 Å². The smallest absolute Gasteiger partial charge is 0.410 e. The van der Waals surface area contributed by atoms with Crippen LogP contribution in [-0.2, 0) is 22.4 Å². The van der Waals surface area contributed by atoms with Crippen LogP contribution in [0.1, 0.15) is 46.9 Å². The molecule has 2 atom stereocenters. The topological polar surface area (TPSA) is 138 Å². The summed E-state index contributed by atoms with van der Waals surface area (Å²) in [6, 6.07) is 5.18. The molecule has 0 aliphatic carbocycles. The zero-order valence-electron chi connectivity index (χ0n) is 20.3. The first-order valence-electron chi connectivity index (χ1n) is 12.1. The highest BCUT2D eigenvalue weighted by atomic mass is 32.2. The van der Waals surface area contributed by atoms with Crippen molar-refractivity contribution < 1.29 is 23.9 Å². The number of nitriles is 1. The van der Waals surface area contributed by atoms with E-state index in [1.54, 1.807) is 22.7 Å². The lowest BCUT2D eigenvalue weighted by Gasteiger charge is -2.29. The van der Waals surface area contributed by atoms with Crippen LogP contribution in [0.25, 0.3) is 0 Å². The van der Waals surface area contributed by atoms with Crippen LogP contribution < -0.4 is 10.2 Å².